The first kappa shape index (κ1) is 16.3. The van der Waals surface area contributed by atoms with E-state index in [2.05, 4.69) is 0 Å². The average Bonchev–Trinajstić information content (AvgIpc) is 2.26. The van der Waals surface area contributed by atoms with Crippen molar-refractivity contribution in [3.05, 3.63) is 12.2 Å². The Bertz CT molecular complexity index is 398. The largest absolute Gasteiger partial charge is 0.465 e. The number of alkyl halides is 3. The van der Waals surface area contributed by atoms with Gasteiger partial charge in [0, 0.05) is 32.9 Å². The van der Waals surface area contributed by atoms with Crippen LogP contribution in [-0.2, 0) is 9.53 Å². The van der Waals surface area contributed by atoms with Gasteiger partial charge in [0.1, 0.15) is 5.60 Å². The number of carboxylic acid groups (broad SMARTS) is 1. The van der Waals surface area contributed by atoms with Crippen LogP contribution in [0, 0.1) is 0 Å². The topological polar surface area (TPSA) is 66.8 Å². The Morgan fingerprint density at radius 1 is 1.35 bits per heavy atom. The molecule has 1 rings (SSSR count). The maximum atomic E-state index is 12.1. The number of ether oxygens (including phenoxy) is 1. The zero-order valence-electron chi connectivity index (χ0n) is 10.9. The van der Waals surface area contributed by atoms with Crippen LogP contribution in [0.1, 0.15) is 26.2 Å². The third-order valence-corrected chi connectivity index (χ3v) is 3.00. The number of rotatable bonds is 3. The highest BCUT2D eigenvalue weighted by Gasteiger charge is 2.37. The van der Waals surface area contributed by atoms with Crippen LogP contribution in [0.25, 0.3) is 0 Å². The van der Waals surface area contributed by atoms with E-state index in [1.54, 1.807) is 0 Å². The highest BCUT2D eigenvalue weighted by molar-refractivity contribution is 5.67. The van der Waals surface area contributed by atoms with Crippen LogP contribution in [0.4, 0.5) is 18.0 Å². The number of carbonyl (C=O) groups excluding carboxylic acids is 1. The maximum Gasteiger partial charge on any atom is 0.407 e. The lowest BCUT2D eigenvalue weighted by Crippen LogP contribution is -2.47. The van der Waals surface area contributed by atoms with Gasteiger partial charge in [0.15, 0.2) is 0 Å². The minimum Gasteiger partial charge on any atom is -0.465 e. The highest BCUT2D eigenvalue weighted by Crippen LogP contribution is 2.30. The summed E-state index contributed by atoms with van der Waals surface area (Å²) >= 11 is 0. The summed E-state index contributed by atoms with van der Waals surface area (Å²) < 4.78 is 41.5. The average molecular weight is 295 g/mol. The van der Waals surface area contributed by atoms with E-state index < -0.39 is 30.3 Å². The van der Waals surface area contributed by atoms with Crippen LogP contribution in [0.2, 0.25) is 0 Å². The van der Waals surface area contributed by atoms with Gasteiger partial charge in [-0.05, 0) is 6.08 Å². The summed E-state index contributed by atoms with van der Waals surface area (Å²) in [6.45, 7) is 1.39. The minimum absolute atomic E-state index is 0.110. The molecule has 8 heteroatoms. The molecule has 0 aromatic heterocycles. The quantitative estimate of drug-likeness (QED) is 0.642. The van der Waals surface area contributed by atoms with Gasteiger partial charge in [0.2, 0.25) is 0 Å². The van der Waals surface area contributed by atoms with Crippen molar-refractivity contribution in [1.29, 1.82) is 0 Å². The van der Waals surface area contributed by atoms with Gasteiger partial charge in [-0.25, -0.2) is 4.79 Å². The number of hydrogen-bond acceptors (Lipinski definition) is 3. The minimum atomic E-state index is -4.32. The van der Waals surface area contributed by atoms with Crippen molar-refractivity contribution in [2.24, 2.45) is 0 Å². The van der Waals surface area contributed by atoms with Gasteiger partial charge in [-0.2, -0.15) is 13.2 Å². The number of piperidine rings is 1. The van der Waals surface area contributed by atoms with Crippen molar-refractivity contribution in [2.75, 3.05) is 13.1 Å². The lowest BCUT2D eigenvalue weighted by molar-refractivity contribution is -0.155. The molecule has 114 valence electrons. The molecule has 1 aliphatic rings. The van der Waals surface area contributed by atoms with Crippen molar-refractivity contribution in [2.45, 2.75) is 38.0 Å². The van der Waals surface area contributed by atoms with Gasteiger partial charge in [-0.1, -0.05) is 6.08 Å². The van der Waals surface area contributed by atoms with Crippen LogP contribution < -0.4 is 0 Å². The van der Waals surface area contributed by atoms with Gasteiger partial charge in [0.25, 0.3) is 0 Å². The van der Waals surface area contributed by atoms with Gasteiger partial charge < -0.3 is 14.7 Å². The van der Waals surface area contributed by atoms with Crippen LogP contribution in [-0.4, -0.2) is 46.9 Å². The second-order valence-electron chi connectivity index (χ2n) is 4.65. The van der Waals surface area contributed by atoms with Gasteiger partial charge in [-0.3, -0.25) is 4.79 Å². The molecule has 0 unspecified atom stereocenters. The molecule has 0 radical (unpaired) electrons. The number of esters is 1. The Morgan fingerprint density at radius 3 is 2.30 bits per heavy atom. The van der Waals surface area contributed by atoms with E-state index in [9.17, 15) is 22.8 Å². The first-order chi connectivity index (χ1) is 9.14. The zero-order valence-corrected chi connectivity index (χ0v) is 10.9. The third-order valence-electron chi connectivity index (χ3n) is 3.00. The third kappa shape index (κ3) is 5.10. The number of halogens is 3. The monoisotopic (exact) mass is 295 g/mol. The van der Waals surface area contributed by atoms with Gasteiger partial charge in [0.05, 0.1) is 6.42 Å². The molecule has 5 nitrogen and oxygen atoms in total. The summed E-state index contributed by atoms with van der Waals surface area (Å²) in [5.74, 6) is -0.606. The Kier molecular flexibility index (Phi) is 5.02. The smallest absolute Gasteiger partial charge is 0.407 e. The summed E-state index contributed by atoms with van der Waals surface area (Å²) in [5.41, 5.74) is -1.15. The molecular weight excluding hydrogens is 279 g/mol. The summed E-state index contributed by atoms with van der Waals surface area (Å²) in [6.07, 6.45) is -4.10. The van der Waals surface area contributed by atoms with E-state index in [0.717, 1.165) is 11.0 Å². The number of hydrogen-bond donors (Lipinski definition) is 1. The summed E-state index contributed by atoms with van der Waals surface area (Å²) in [6, 6.07) is 0. The zero-order chi connectivity index (χ0) is 15.4. The van der Waals surface area contributed by atoms with E-state index >= 15 is 0 Å². The maximum absolute atomic E-state index is 12.1. The Hall–Kier alpha value is -1.73. The normalized spacial score (nSPS) is 19.1. The van der Waals surface area contributed by atoms with E-state index in [-0.39, 0.29) is 25.9 Å². The number of amides is 1. The number of likely N-dealkylation sites (tertiary alicyclic amines) is 1. The number of nitrogens with zero attached hydrogens (tertiary/aromatic N) is 1. The van der Waals surface area contributed by atoms with Crippen LogP contribution in [0.5, 0.6) is 0 Å². The molecule has 1 amide bonds. The first-order valence-corrected chi connectivity index (χ1v) is 6.05. The molecule has 1 saturated heterocycles. The second kappa shape index (κ2) is 6.15. The van der Waals surface area contributed by atoms with E-state index in [1.165, 1.54) is 13.0 Å². The number of allylic oxidation sites excluding steroid dienone is 1. The molecule has 1 heterocycles. The van der Waals surface area contributed by atoms with Crippen molar-refractivity contribution in [3.8, 4) is 0 Å². The van der Waals surface area contributed by atoms with Gasteiger partial charge >= 0.3 is 18.2 Å². The molecule has 0 bridgehead atoms. The molecule has 0 saturated carbocycles. The molecule has 0 aliphatic carbocycles. The molecule has 1 aliphatic heterocycles. The predicted molar refractivity (Wildman–Crippen MR) is 63.1 cm³/mol. The Balaban J connectivity index is 2.74. The molecule has 1 N–H and O–H groups in total. The molecule has 20 heavy (non-hydrogen) atoms. The summed E-state index contributed by atoms with van der Waals surface area (Å²) in [7, 11) is 0. The molecular formula is C12H16F3NO4. The van der Waals surface area contributed by atoms with Crippen LogP contribution in [0.3, 0.4) is 0 Å². The van der Waals surface area contributed by atoms with Crippen LogP contribution >= 0.6 is 0 Å². The lowest BCUT2D eigenvalue weighted by atomic mass is 9.90. The molecule has 0 aromatic carbocycles. The molecule has 0 aromatic rings. The Labute approximate surface area is 114 Å². The van der Waals surface area contributed by atoms with Crippen LogP contribution in [0.15, 0.2) is 12.2 Å². The lowest BCUT2D eigenvalue weighted by Gasteiger charge is -2.38. The summed E-state index contributed by atoms with van der Waals surface area (Å²) in [4.78, 5) is 23.0. The van der Waals surface area contributed by atoms with E-state index in [0.29, 0.717) is 0 Å². The molecule has 0 atom stereocenters. The van der Waals surface area contributed by atoms with Gasteiger partial charge in [-0.15, -0.1) is 0 Å². The predicted octanol–water partition coefficient (Wildman–Crippen LogP) is 2.57. The van der Waals surface area contributed by atoms with E-state index in [1.807, 2.05) is 0 Å². The van der Waals surface area contributed by atoms with Crippen molar-refractivity contribution in [3.63, 3.8) is 0 Å². The van der Waals surface area contributed by atoms with Crippen molar-refractivity contribution in [1.82, 2.24) is 4.90 Å². The second-order valence-corrected chi connectivity index (χ2v) is 4.65. The summed E-state index contributed by atoms with van der Waals surface area (Å²) in [5, 5.41) is 8.82. The standard InChI is InChI=1S/C12H16F3NO4/c1-9(17)20-11(3-2-4-12(13,14)15)5-7-16(8-6-11)10(18)19/h2-3H,4-8H2,1H3,(H,18,19)/b3-2+. The van der Waals surface area contributed by atoms with Crippen molar-refractivity contribution >= 4 is 12.1 Å². The highest BCUT2D eigenvalue weighted by atomic mass is 19.4. The fraction of sp³-hybridized carbons (Fsp3) is 0.667. The SMILES string of the molecule is CC(=O)OC1(/C=C/CC(F)(F)F)CCN(C(=O)O)CC1. The number of carbonyl (C=O) groups is 2. The van der Waals surface area contributed by atoms with Crippen molar-refractivity contribution < 1.29 is 32.6 Å². The molecule has 1 fully saturated rings. The van der Waals surface area contributed by atoms with E-state index in [4.69, 9.17) is 9.84 Å². The fourth-order valence-electron chi connectivity index (χ4n) is 2.07. The molecule has 0 spiro atoms. The first-order valence-electron chi connectivity index (χ1n) is 6.05. The Morgan fingerprint density at radius 2 is 1.90 bits per heavy atom. The fourth-order valence-corrected chi connectivity index (χ4v) is 2.07.